The lowest BCUT2D eigenvalue weighted by atomic mass is 10.4. The van der Waals surface area contributed by atoms with Gasteiger partial charge in [0.1, 0.15) is 0 Å². The number of nitrogens with zero attached hydrogens (tertiary/aromatic N) is 1. The summed E-state index contributed by atoms with van der Waals surface area (Å²) in [5, 5.41) is 0.296. The summed E-state index contributed by atoms with van der Waals surface area (Å²) in [5.74, 6) is -0.130. The van der Waals surface area contributed by atoms with Gasteiger partial charge in [0.2, 0.25) is 5.88 Å². The zero-order valence-electron chi connectivity index (χ0n) is 7.31. The molecule has 0 fully saturated rings. The molecule has 0 N–H and O–H groups in total. The van der Waals surface area contributed by atoms with Crippen LogP contribution in [0.3, 0.4) is 0 Å². The van der Waals surface area contributed by atoms with Crippen LogP contribution in [0.5, 0.6) is 5.88 Å². The lowest BCUT2D eigenvalue weighted by molar-refractivity contribution is -0.154. The highest BCUT2D eigenvalue weighted by Gasteiger charge is 2.28. The number of ether oxygens (including phenoxy) is 1. The first-order valence-electron chi connectivity index (χ1n) is 3.83. The zero-order valence-corrected chi connectivity index (χ0v) is 8.83. The van der Waals surface area contributed by atoms with Crippen LogP contribution in [0.25, 0.3) is 0 Å². The Hall–Kier alpha value is -0.680. The highest BCUT2D eigenvalue weighted by molar-refractivity contribution is 6.32. The summed E-state index contributed by atoms with van der Waals surface area (Å²) in [6.07, 6.45) is -4.39. The molecule has 0 aromatic carbocycles. The van der Waals surface area contributed by atoms with Gasteiger partial charge in [-0.2, -0.15) is 13.2 Å². The number of hydrogen-bond donors (Lipinski definition) is 0. The monoisotopic (exact) mass is 259 g/mol. The molecule has 0 unspecified atom stereocenters. The van der Waals surface area contributed by atoms with Crippen LogP contribution < -0.4 is 4.74 Å². The predicted molar refractivity (Wildman–Crippen MR) is 50.4 cm³/mol. The first-order valence-corrected chi connectivity index (χ1v) is 4.74. The van der Waals surface area contributed by atoms with Gasteiger partial charge < -0.3 is 4.74 Å². The number of halogens is 5. The average molecular weight is 260 g/mol. The quantitative estimate of drug-likeness (QED) is 0.777. The van der Waals surface area contributed by atoms with Crippen molar-refractivity contribution in [2.24, 2.45) is 0 Å². The third kappa shape index (κ3) is 4.13. The van der Waals surface area contributed by atoms with Gasteiger partial charge >= 0.3 is 6.18 Å². The van der Waals surface area contributed by atoms with Crippen LogP contribution in [0.4, 0.5) is 13.2 Å². The number of hydrogen-bond acceptors (Lipinski definition) is 2. The van der Waals surface area contributed by atoms with Gasteiger partial charge in [0.05, 0.1) is 16.6 Å². The van der Waals surface area contributed by atoms with E-state index in [0.29, 0.717) is 5.02 Å². The van der Waals surface area contributed by atoms with Crippen LogP contribution in [0, 0.1) is 0 Å². The summed E-state index contributed by atoms with van der Waals surface area (Å²) in [6.45, 7) is -1.39. The van der Waals surface area contributed by atoms with Crippen LogP contribution in [-0.2, 0) is 5.88 Å². The normalized spacial score (nSPS) is 11.5. The summed E-state index contributed by atoms with van der Waals surface area (Å²) in [7, 11) is 0. The van der Waals surface area contributed by atoms with Gasteiger partial charge in [-0.05, 0) is 6.07 Å². The molecule has 84 valence electrons. The molecule has 0 aliphatic heterocycles. The van der Waals surface area contributed by atoms with Crippen molar-refractivity contribution in [3.63, 3.8) is 0 Å². The summed E-state index contributed by atoms with van der Waals surface area (Å²) < 4.78 is 39.8. The Labute approximate surface area is 94.0 Å². The second-order valence-electron chi connectivity index (χ2n) is 2.62. The molecule has 0 atom stereocenters. The number of aromatic nitrogens is 1. The van der Waals surface area contributed by atoms with E-state index in [2.05, 4.69) is 9.72 Å². The first kappa shape index (κ1) is 12.4. The minimum atomic E-state index is -4.39. The van der Waals surface area contributed by atoms with E-state index in [9.17, 15) is 13.2 Å². The van der Waals surface area contributed by atoms with Gasteiger partial charge in [0.25, 0.3) is 0 Å². The molecule has 1 aromatic heterocycles. The third-order valence-corrected chi connectivity index (χ3v) is 2.00. The fourth-order valence-electron chi connectivity index (χ4n) is 0.794. The van der Waals surface area contributed by atoms with Gasteiger partial charge in [-0.15, -0.1) is 11.6 Å². The number of pyridine rings is 1. The van der Waals surface area contributed by atoms with E-state index < -0.39 is 12.8 Å². The van der Waals surface area contributed by atoms with Crippen molar-refractivity contribution < 1.29 is 17.9 Å². The van der Waals surface area contributed by atoms with Gasteiger partial charge in [-0.3, -0.25) is 0 Å². The zero-order chi connectivity index (χ0) is 11.5. The Bertz CT molecular complexity index is 343. The molecule has 1 aromatic rings. The largest absolute Gasteiger partial charge is 0.468 e. The number of alkyl halides is 4. The number of rotatable bonds is 3. The molecule has 0 saturated carbocycles. The van der Waals surface area contributed by atoms with Crippen molar-refractivity contribution in [2.45, 2.75) is 12.1 Å². The topological polar surface area (TPSA) is 22.1 Å². The lowest BCUT2D eigenvalue weighted by Crippen LogP contribution is -2.19. The highest BCUT2D eigenvalue weighted by atomic mass is 35.5. The van der Waals surface area contributed by atoms with Crippen molar-refractivity contribution in [3.05, 3.63) is 22.8 Å². The molecule has 1 rings (SSSR count). The molecule has 0 spiro atoms. The van der Waals surface area contributed by atoms with Crippen molar-refractivity contribution >= 4 is 23.2 Å². The molecule has 2 nitrogen and oxygen atoms in total. The fraction of sp³-hybridized carbons (Fsp3) is 0.375. The minimum Gasteiger partial charge on any atom is -0.468 e. The second kappa shape index (κ2) is 4.90. The van der Waals surface area contributed by atoms with Crippen molar-refractivity contribution in [3.8, 4) is 5.88 Å². The van der Waals surface area contributed by atoms with Crippen LogP contribution in [0.1, 0.15) is 5.69 Å². The Kier molecular flexibility index (Phi) is 4.04. The summed E-state index contributed by atoms with van der Waals surface area (Å²) in [6, 6.07) is 2.64. The van der Waals surface area contributed by atoms with E-state index in [1.54, 1.807) is 0 Å². The van der Waals surface area contributed by atoms with Crippen LogP contribution in [-0.4, -0.2) is 17.8 Å². The molecule has 15 heavy (non-hydrogen) atoms. The van der Waals surface area contributed by atoms with Gasteiger partial charge in [-0.1, -0.05) is 11.6 Å². The summed E-state index contributed by atoms with van der Waals surface area (Å²) in [5.41, 5.74) is 0.290. The third-order valence-electron chi connectivity index (χ3n) is 1.40. The second-order valence-corrected chi connectivity index (χ2v) is 3.29. The Morgan fingerprint density at radius 3 is 2.53 bits per heavy atom. The van der Waals surface area contributed by atoms with E-state index in [-0.39, 0.29) is 17.5 Å². The van der Waals surface area contributed by atoms with E-state index in [0.717, 1.165) is 0 Å². The smallest absolute Gasteiger partial charge is 0.422 e. The maximum Gasteiger partial charge on any atom is 0.422 e. The molecule has 0 radical (unpaired) electrons. The van der Waals surface area contributed by atoms with Gasteiger partial charge in [0.15, 0.2) is 6.61 Å². The lowest BCUT2D eigenvalue weighted by Gasteiger charge is -2.09. The van der Waals surface area contributed by atoms with E-state index in [1.165, 1.54) is 12.1 Å². The molecule has 0 aliphatic carbocycles. The molecule has 0 bridgehead atoms. The van der Waals surface area contributed by atoms with Crippen molar-refractivity contribution in [2.75, 3.05) is 6.61 Å². The maximum atomic E-state index is 11.8. The van der Waals surface area contributed by atoms with Crippen molar-refractivity contribution in [1.82, 2.24) is 4.98 Å². The molecule has 0 saturated heterocycles. The van der Waals surface area contributed by atoms with Gasteiger partial charge in [-0.25, -0.2) is 4.98 Å². The highest BCUT2D eigenvalue weighted by Crippen LogP contribution is 2.21. The van der Waals surface area contributed by atoms with Gasteiger partial charge in [0, 0.05) is 6.07 Å². The Morgan fingerprint density at radius 2 is 2.00 bits per heavy atom. The molecule has 0 aliphatic rings. The summed E-state index contributed by atoms with van der Waals surface area (Å²) >= 11 is 11.1. The molecule has 7 heteroatoms. The maximum absolute atomic E-state index is 11.8. The Balaban J connectivity index is 2.70. The van der Waals surface area contributed by atoms with Crippen LogP contribution >= 0.6 is 23.2 Å². The SMILES string of the molecule is FC(F)(F)COc1ccc(Cl)c(CCl)n1. The minimum absolute atomic E-state index is 0.0159. The first-order chi connectivity index (χ1) is 6.92. The van der Waals surface area contributed by atoms with E-state index in [1.807, 2.05) is 0 Å². The average Bonchev–Trinajstić information content (AvgIpc) is 2.15. The predicted octanol–water partition coefficient (Wildman–Crippen LogP) is 3.41. The standard InChI is InChI=1S/C8H6Cl2F3NO/c9-3-6-5(10)1-2-7(14-6)15-4-8(11,12)13/h1-2H,3-4H2. The van der Waals surface area contributed by atoms with Crippen molar-refractivity contribution in [1.29, 1.82) is 0 Å². The molecular formula is C8H6Cl2F3NO. The fourth-order valence-corrected chi connectivity index (χ4v) is 1.24. The summed E-state index contributed by atoms with van der Waals surface area (Å²) in [4.78, 5) is 3.71. The van der Waals surface area contributed by atoms with E-state index in [4.69, 9.17) is 23.2 Å². The molecule has 0 amide bonds. The molecular weight excluding hydrogens is 254 g/mol. The van der Waals surface area contributed by atoms with E-state index >= 15 is 0 Å². The Morgan fingerprint density at radius 1 is 1.33 bits per heavy atom. The van der Waals surface area contributed by atoms with Crippen LogP contribution in [0.15, 0.2) is 12.1 Å². The molecule has 1 heterocycles. The van der Waals surface area contributed by atoms with Crippen LogP contribution in [0.2, 0.25) is 5.02 Å².